The molecule has 0 unspecified atom stereocenters. The van der Waals surface area contributed by atoms with Gasteiger partial charge in [0.25, 0.3) is 5.69 Å². The van der Waals surface area contributed by atoms with Gasteiger partial charge < -0.3 is 5.32 Å². The van der Waals surface area contributed by atoms with Gasteiger partial charge in [0.15, 0.2) is 0 Å². The van der Waals surface area contributed by atoms with Crippen molar-refractivity contribution in [2.75, 3.05) is 23.4 Å². The first-order chi connectivity index (χ1) is 8.27. The molecule has 1 aliphatic heterocycles. The van der Waals surface area contributed by atoms with E-state index in [1.165, 1.54) is 24.3 Å². The second-order valence-electron chi connectivity index (χ2n) is 4.21. The van der Waals surface area contributed by atoms with Crippen LogP contribution in [0.5, 0.6) is 0 Å². The highest BCUT2D eigenvalue weighted by Crippen LogP contribution is 2.26. The van der Waals surface area contributed by atoms with E-state index < -0.39 is 0 Å². The van der Waals surface area contributed by atoms with Gasteiger partial charge in [-0.05, 0) is 36.3 Å². The van der Waals surface area contributed by atoms with E-state index in [0.717, 1.165) is 6.54 Å². The van der Waals surface area contributed by atoms with Crippen LogP contribution in [-0.2, 0) is 0 Å². The molecule has 1 aliphatic rings. The van der Waals surface area contributed by atoms with Gasteiger partial charge in [0.05, 0.1) is 4.92 Å². The Balaban J connectivity index is 1.96. The van der Waals surface area contributed by atoms with Gasteiger partial charge in [-0.1, -0.05) is 12.1 Å². The van der Waals surface area contributed by atoms with E-state index in [1.807, 2.05) is 17.8 Å². The number of thioether (sulfide) groups is 1. The smallest absolute Gasteiger partial charge is 0.292 e. The zero-order valence-electron chi connectivity index (χ0n) is 9.59. The Morgan fingerprint density at radius 1 is 1.35 bits per heavy atom. The zero-order chi connectivity index (χ0) is 12.1. The van der Waals surface area contributed by atoms with E-state index in [0.29, 0.717) is 11.6 Å². The third-order valence-electron chi connectivity index (χ3n) is 3.02. The summed E-state index contributed by atoms with van der Waals surface area (Å²) in [6, 6.07) is 6.83. The Labute approximate surface area is 105 Å². The molecule has 1 N–H and O–H groups in total. The molecule has 1 heterocycles. The fourth-order valence-electron chi connectivity index (χ4n) is 1.99. The Kier molecular flexibility index (Phi) is 4.25. The average Bonchev–Trinajstić information content (AvgIpc) is 2.38. The quantitative estimate of drug-likeness (QED) is 0.660. The summed E-state index contributed by atoms with van der Waals surface area (Å²) >= 11 is 1.99. The molecule has 0 bridgehead atoms. The van der Waals surface area contributed by atoms with Crippen molar-refractivity contribution in [2.45, 2.75) is 12.8 Å². The van der Waals surface area contributed by atoms with Crippen molar-refractivity contribution in [1.29, 1.82) is 0 Å². The van der Waals surface area contributed by atoms with E-state index in [-0.39, 0.29) is 10.6 Å². The van der Waals surface area contributed by atoms with Gasteiger partial charge in [-0.25, -0.2) is 0 Å². The molecule has 4 nitrogen and oxygen atoms in total. The predicted molar refractivity (Wildman–Crippen MR) is 71.6 cm³/mol. The summed E-state index contributed by atoms with van der Waals surface area (Å²) < 4.78 is 0. The standard InChI is InChI=1S/C12H16N2O2S/c15-14(16)12-4-2-1-3-11(12)13-9-10-5-7-17-8-6-10/h1-4,10,13H,5-9H2. The van der Waals surface area contributed by atoms with Gasteiger partial charge in [0.2, 0.25) is 0 Å². The number of hydrogen-bond donors (Lipinski definition) is 1. The molecule has 1 fully saturated rings. The maximum atomic E-state index is 10.8. The molecule has 2 rings (SSSR count). The highest BCUT2D eigenvalue weighted by Gasteiger charge is 2.16. The monoisotopic (exact) mass is 252 g/mol. The normalized spacial score (nSPS) is 16.7. The minimum Gasteiger partial charge on any atom is -0.379 e. The first-order valence-corrected chi connectivity index (χ1v) is 6.98. The molecule has 0 saturated carbocycles. The molecule has 0 radical (unpaired) electrons. The highest BCUT2D eigenvalue weighted by atomic mass is 32.2. The third-order valence-corrected chi connectivity index (χ3v) is 4.07. The van der Waals surface area contributed by atoms with Crippen molar-refractivity contribution in [3.05, 3.63) is 34.4 Å². The number of nitrogens with one attached hydrogen (secondary N) is 1. The number of hydrogen-bond acceptors (Lipinski definition) is 4. The van der Waals surface area contributed by atoms with Gasteiger partial charge in [-0.15, -0.1) is 0 Å². The average molecular weight is 252 g/mol. The predicted octanol–water partition coefficient (Wildman–Crippen LogP) is 3.15. The van der Waals surface area contributed by atoms with E-state index >= 15 is 0 Å². The van der Waals surface area contributed by atoms with Crippen molar-refractivity contribution >= 4 is 23.1 Å². The maximum Gasteiger partial charge on any atom is 0.292 e. The van der Waals surface area contributed by atoms with Crippen molar-refractivity contribution in [1.82, 2.24) is 0 Å². The highest BCUT2D eigenvalue weighted by molar-refractivity contribution is 7.99. The molecule has 92 valence electrons. The Morgan fingerprint density at radius 2 is 2.06 bits per heavy atom. The number of benzene rings is 1. The minimum atomic E-state index is -0.334. The minimum absolute atomic E-state index is 0.165. The van der Waals surface area contributed by atoms with Crippen LogP contribution in [0.25, 0.3) is 0 Å². The largest absolute Gasteiger partial charge is 0.379 e. The molecular formula is C12H16N2O2S. The van der Waals surface area contributed by atoms with Gasteiger partial charge in [0.1, 0.15) is 5.69 Å². The summed E-state index contributed by atoms with van der Waals surface area (Å²) in [4.78, 5) is 10.5. The van der Waals surface area contributed by atoms with Crippen LogP contribution in [0.15, 0.2) is 24.3 Å². The molecule has 1 aromatic carbocycles. The zero-order valence-corrected chi connectivity index (χ0v) is 10.4. The number of nitro groups is 1. The second kappa shape index (κ2) is 5.91. The number of anilines is 1. The van der Waals surface area contributed by atoms with Crippen LogP contribution in [-0.4, -0.2) is 23.0 Å². The molecule has 0 atom stereocenters. The van der Waals surface area contributed by atoms with E-state index in [4.69, 9.17) is 0 Å². The molecule has 0 aromatic heterocycles. The maximum absolute atomic E-state index is 10.8. The molecule has 17 heavy (non-hydrogen) atoms. The molecule has 1 saturated heterocycles. The van der Waals surface area contributed by atoms with Crippen LogP contribution >= 0.6 is 11.8 Å². The lowest BCUT2D eigenvalue weighted by molar-refractivity contribution is -0.384. The molecule has 0 aliphatic carbocycles. The van der Waals surface area contributed by atoms with Crippen molar-refractivity contribution in [2.24, 2.45) is 5.92 Å². The van der Waals surface area contributed by atoms with Crippen molar-refractivity contribution < 1.29 is 4.92 Å². The molecule has 0 spiro atoms. The first kappa shape index (κ1) is 12.2. The van der Waals surface area contributed by atoms with Gasteiger partial charge in [0, 0.05) is 12.6 Å². The van der Waals surface area contributed by atoms with Crippen molar-refractivity contribution in [3.63, 3.8) is 0 Å². The Morgan fingerprint density at radius 3 is 2.76 bits per heavy atom. The lowest BCUT2D eigenvalue weighted by Crippen LogP contribution is -2.19. The summed E-state index contributed by atoms with van der Waals surface area (Å²) in [5.74, 6) is 3.07. The fourth-order valence-corrected chi connectivity index (χ4v) is 3.19. The third kappa shape index (κ3) is 3.36. The Bertz CT molecular complexity index is 392. The topological polar surface area (TPSA) is 55.2 Å². The van der Waals surface area contributed by atoms with E-state index in [9.17, 15) is 10.1 Å². The summed E-state index contributed by atoms with van der Waals surface area (Å²) in [6.45, 7) is 0.839. The van der Waals surface area contributed by atoms with E-state index in [2.05, 4.69) is 5.32 Å². The summed E-state index contributed by atoms with van der Waals surface area (Å²) in [6.07, 6.45) is 2.41. The van der Waals surface area contributed by atoms with Crippen LogP contribution < -0.4 is 5.32 Å². The second-order valence-corrected chi connectivity index (χ2v) is 5.44. The molecule has 0 amide bonds. The lowest BCUT2D eigenvalue weighted by atomic mass is 10.0. The van der Waals surface area contributed by atoms with Gasteiger partial charge in [-0.3, -0.25) is 10.1 Å². The van der Waals surface area contributed by atoms with Crippen LogP contribution in [0.3, 0.4) is 0 Å². The number of rotatable bonds is 4. The fraction of sp³-hybridized carbons (Fsp3) is 0.500. The number of nitrogens with zero attached hydrogens (tertiary/aromatic N) is 1. The molecule has 1 aromatic rings. The number of para-hydroxylation sites is 2. The van der Waals surface area contributed by atoms with Crippen LogP contribution in [0.1, 0.15) is 12.8 Å². The van der Waals surface area contributed by atoms with Crippen LogP contribution in [0, 0.1) is 16.0 Å². The summed E-state index contributed by atoms with van der Waals surface area (Å²) in [7, 11) is 0. The SMILES string of the molecule is O=[N+]([O-])c1ccccc1NCC1CCSCC1. The van der Waals surface area contributed by atoms with Crippen LogP contribution in [0.2, 0.25) is 0 Å². The summed E-state index contributed by atoms with van der Waals surface area (Å²) in [5, 5.41) is 14.0. The molecule has 5 heteroatoms. The van der Waals surface area contributed by atoms with Gasteiger partial charge >= 0.3 is 0 Å². The van der Waals surface area contributed by atoms with Crippen LogP contribution in [0.4, 0.5) is 11.4 Å². The Hall–Kier alpha value is -1.23. The van der Waals surface area contributed by atoms with Gasteiger partial charge in [-0.2, -0.15) is 11.8 Å². The van der Waals surface area contributed by atoms with E-state index in [1.54, 1.807) is 18.2 Å². The first-order valence-electron chi connectivity index (χ1n) is 5.82. The lowest BCUT2D eigenvalue weighted by Gasteiger charge is -2.21. The molecular weight excluding hydrogens is 236 g/mol. The van der Waals surface area contributed by atoms with Crippen molar-refractivity contribution in [3.8, 4) is 0 Å². The summed E-state index contributed by atoms with van der Waals surface area (Å²) in [5.41, 5.74) is 0.799. The number of nitro benzene ring substituents is 1.